The first kappa shape index (κ1) is 13.7. The minimum Gasteiger partial charge on any atom is -0.324 e. The molecular formula is C14H19FN4. The van der Waals surface area contributed by atoms with Crippen molar-refractivity contribution in [3.63, 3.8) is 0 Å². The van der Waals surface area contributed by atoms with Gasteiger partial charge in [0, 0.05) is 24.4 Å². The number of nitrogens with zero attached hydrogens (tertiary/aromatic N) is 3. The molecule has 102 valence electrons. The van der Waals surface area contributed by atoms with E-state index >= 15 is 0 Å². The molecule has 0 aliphatic rings. The number of halogens is 1. The van der Waals surface area contributed by atoms with E-state index in [4.69, 9.17) is 5.73 Å². The fraction of sp³-hybridized carbons (Fsp3) is 0.429. The highest BCUT2D eigenvalue weighted by atomic mass is 19.1. The molecule has 0 aliphatic heterocycles. The largest absolute Gasteiger partial charge is 0.324 e. The number of aryl methyl sites for hydroxylation is 2. The van der Waals surface area contributed by atoms with E-state index in [-0.39, 0.29) is 5.82 Å². The summed E-state index contributed by atoms with van der Waals surface area (Å²) >= 11 is 0. The zero-order chi connectivity index (χ0) is 14.0. The molecule has 2 aromatic rings. The number of nitrogens with two attached hydrogens (primary N) is 1. The minimum absolute atomic E-state index is 0.303. The molecular weight excluding hydrogens is 243 g/mol. The molecule has 1 atom stereocenters. The second-order valence-corrected chi connectivity index (χ2v) is 4.52. The van der Waals surface area contributed by atoms with Crippen molar-refractivity contribution in [2.75, 3.05) is 0 Å². The number of hydrogen-bond acceptors (Lipinski definition) is 3. The molecule has 5 heteroatoms. The molecule has 2 N–H and O–H groups in total. The third-order valence-electron chi connectivity index (χ3n) is 3.06. The number of hydrogen-bond donors (Lipinski definition) is 1. The van der Waals surface area contributed by atoms with E-state index in [1.807, 2.05) is 19.9 Å². The molecule has 0 spiro atoms. The lowest BCUT2D eigenvalue weighted by Gasteiger charge is -2.14. The lowest BCUT2D eigenvalue weighted by molar-refractivity contribution is 0.587. The molecule has 0 saturated heterocycles. The molecule has 0 saturated carbocycles. The molecule has 0 amide bonds. The van der Waals surface area contributed by atoms with Crippen molar-refractivity contribution in [3.05, 3.63) is 41.2 Å². The smallest absolute Gasteiger partial charge is 0.151 e. The zero-order valence-electron chi connectivity index (χ0n) is 11.5. The lowest BCUT2D eigenvalue weighted by Crippen LogP contribution is -2.14. The van der Waals surface area contributed by atoms with Gasteiger partial charge in [0.25, 0.3) is 0 Å². The molecule has 0 fully saturated rings. The molecule has 19 heavy (non-hydrogen) atoms. The first-order chi connectivity index (χ1) is 9.08. The predicted molar refractivity (Wildman–Crippen MR) is 72.7 cm³/mol. The van der Waals surface area contributed by atoms with Crippen molar-refractivity contribution >= 4 is 0 Å². The van der Waals surface area contributed by atoms with Crippen LogP contribution in [0.1, 0.15) is 44.0 Å². The van der Waals surface area contributed by atoms with Crippen LogP contribution in [0.5, 0.6) is 0 Å². The highest BCUT2D eigenvalue weighted by molar-refractivity contribution is 5.43. The van der Waals surface area contributed by atoms with Crippen molar-refractivity contribution in [1.82, 2.24) is 14.8 Å². The molecule has 0 radical (unpaired) electrons. The molecule has 4 nitrogen and oxygen atoms in total. The van der Waals surface area contributed by atoms with Crippen LogP contribution in [0, 0.1) is 5.82 Å². The SMILES string of the molecule is CCc1nc(CC)n(-c2cccc(F)c2[C@H](C)N)n1. The summed E-state index contributed by atoms with van der Waals surface area (Å²) in [5.41, 5.74) is 7.04. The number of rotatable bonds is 4. The molecule has 1 aromatic carbocycles. The van der Waals surface area contributed by atoms with E-state index in [1.54, 1.807) is 17.7 Å². The number of aromatic nitrogens is 3. The van der Waals surface area contributed by atoms with E-state index in [0.717, 1.165) is 24.5 Å². The molecule has 1 aromatic heterocycles. The van der Waals surface area contributed by atoms with Crippen LogP contribution < -0.4 is 5.73 Å². The quantitative estimate of drug-likeness (QED) is 0.921. The maximum Gasteiger partial charge on any atom is 0.151 e. The van der Waals surface area contributed by atoms with E-state index in [1.165, 1.54) is 6.07 Å². The summed E-state index contributed by atoms with van der Waals surface area (Å²) in [4.78, 5) is 4.44. The van der Waals surface area contributed by atoms with E-state index < -0.39 is 6.04 Å². The van der Waals surface area contributed by atoms with E-state index in [0.29, 0.717) is 11.3 Å². The van der Waals surface area contributed by atoms with Gasteiger partial charge in [-0.1, -0.05) is 19.9 Å². The molecule has 1 heterocycles. The van der Waals surface area contributed by atoms with Gasteiger partial charge >= 0.3 is 0 Å². The Kier molecular flexibility index (Phi) is 3.95. The number of benzene rings is 1. The van der Waals surface area contributed by atoms with Gasteiger partial charge in [-0.2, -0.15) is 5.10 Å². The van der Waals surface area contributed by atoms with Gasteiger partial charge in [-0.15, -0.1) is 0 Å². The standard InChI is InChI=1S/C14H19FN4/c1-4-12-17-13(5-2)19(18-12)11-8-6-7-10(15)14(11)9(3)16/h6-9H,4-5,16H2,1-3H3/t9-/m0/s1. The van der Waals surface area contributed by atoms with Gasteiger partial charge in [0.05, 0.1) is 5.69 Å². The first-order valence-corrected chi connectivity index (χ1v) is 6.57. The van der Waals surface area contributed by atoms with Gasteiger partial charge in [0.15, 0.2) is 5.82 Å². The minimum atomic E-state index is -0.393. The van der Waals surface area contributed by atoms with Crippen molar-refractivity contribution in [2.45, 2.75) is 39.7 Å². The lowest BCUT2D eigenvalue weighted by atomic mass is 10.1. The third-order valence-corrected chi connectivity index (χ3v) is 3.06. The van der Waals surface area contributed by atoms with E-state index in [2.05, 4.69) is 10.1 Å². The summed E-state index contributed by atoms with van der Waals surface area (Å²) in [6.45, 7) is 5.77. The van der Waals surface area contributed by atoms with Gasteiger partial charge in [0.1, 0.15) is 11.6 Å². The molecule has 2 rings (SSSR count). The van der Waals surface area contributed by atoms with Crippen LogP contribution in [0.25, 0.3) is 5.69 Å². The Morgan fingerprint density at radius 2 is 2.05 bits per heavy atom. The van der Waals surface area contributed by atoms with Gasteiger partial charge in [0.2, 0.25) is 0 Å². The zero-order valence-corrected chi connectivity index (χ0v) is 11.5. The third kappa shape index (κ3) is 2.51. The molecule has 0 unspecified atom stereocenters. The Hall–Kier alpha value is -1.75. The van der Waals surface area contributed by atoms with Gasteiger partial charge < -0.3 is 5.73 Å². The van der Waals surface area contributed by atoms with Crippen LogP contribution in [0.3, 0.4) is 0 Å². The summed E-state index contributed by atoms with van der Waals surface area (Å²) in [5, 5.41) is 4.44. The monoisotopic (exact) mass is 262 g/mol. The van der Waals surface area contributed by atoms with Gasteiger partial charge in [-0.05, 0) is 19.1 Å². The van der Waals surface area contributed by atoms with Crippen LogP contribution in [0.2, 0.25) is 0 Å². The average Bonchev–Trinajstić information content (AvgIpc) is 2.81. The van der Waals surface area contributed by atoms with Crippen molar-refractivity contribution < 1.29 is 4.39 Å². The maximum atomic E-state index is 14.0. The summed E-state index contributed by atoms with van der Waals surface area (Å²) in [6.07, 6.45) is 1.49. The van der Waals surface area contributed by atoms with Gasteiger partial charge in [-0.3, -0.25) is 0 Å². The van der Waals surface area contributed by atoms with Crippen LogP contribution in [0.15, 0.2) is 18.2 Å². The Labute approximate surface area is 112 Å². The molecule has 0 aliphatic carbocycles. The summed E-state index contributed by atoms with van der Waals surface area (Å²) in [5.74, 6) is 1.28. The summed E-state index contributed by atoms with van der Waals surface area (Å²) in [7, 11) is 0. The summed E-state index contributed by atoms with van der Waals surface area (Å²) < 4.78 is 15.7. The van der Waals surface area contributed by atoms with Crippen LogP contribution in [-0.2, 0) is 12.8 Å². The average molecular weight is 262 g/mol. The Morgan fingerprint density at radius 3 is 2.63 bits per heavy atom. The second kappa shape index (κ2) is 5.48. The van der Waals surface area contributed by atoms with Crippen molar-refractivity contribution in [2.24, 2.45) is 5.73 Å². The molecule has 0 bridgehead atoms. The van der Waals surface area contributed by atoms with Crippen LogP contribution >= 0.6 is 0 Å². The first-order valence-electron chi connectivity index (χ1n) is 6.57. The Bertz CT molecular complexity index is 575. The topological polar surface area (TPSA) is 56.7 Å². The van der Waals surface area contributed by atoms with Gasteiger partial charge in [-0.25, -0.2) is 14.1 Å². The van der Waals surface area contributed by atoms with Crippen molar-refractivity contribution in [3.8, 4) is 5.69 Å². The summed E-state index contributed by atoms with van der Waals surface area (Å²) in [6, 6.07) is 4.53. The fourth-order valence-electron chi connectivity index (χ4n) is 2.12. The maximum absolute atomic E-state index is 14.0. The Balaban J connectivity index is 2.64. The Morgan fingerprint density at radius 1 is 1.32 bits per heavy atom. The normalized spacial score (nSPS) is 12.7. The predicted octanol–water partition coefficient (Wildman–Crippen LogP) is 2.55. The van der Waals surface area contributed by atoms with E-state index in [9.17, 15) is 4.39 Å². The van der Waals surface area contributed by atoms with Crippen LogP contribution in [0.4, 0.5) is 4.39 Å². The highest BCUT2D eigenvalue weighted by Crippen LogP contribution is 2.24. The van der Waals surface area contributed by atoms with Crippen LogP contribution in [-0.4, -0.2) is 14.8 Å². The fourth-order valence-corrected chi connectivity index (χ4v) is 2.12. The highest BCUT2D eigenvalue weighted by Gasteiger charge is 2.17. The second-order valence-electron chi connectivity index (χ2n) is 4.52. The van der Waals surface area contributed by atoms with Crippen molar-refractivity contribution in [1.29, 1.82) is 0 Å².